The van der Waals surface area contributed by atoms with Crippen molar-refractivity contribution >= 4 is 0 Å². The topological polar surface area (TPSA) is 21.3 Å². The fraction of sp³-hybridized carbons (Fsp3) is 0.333. The standard InChI is InChI=1S/C12H19NO/c1-6-12(8-7-10(2)3)13-11(4)9-14-5/h6-8,13H,2,4,9H2,1,3,5H3/b8-7-,12-6+. The van der Waals surface area contributed by atoms with Crippen LogP contribution in [0.2, 0.25) is 0 Å². The third-order valence-electron chi connectivity index (χ3n) is 1.50. The molecular weight excluding hydrogens is 174 g/mol. The van der Waals surface area contributed by atoms with E-state index in [2.05, 4.69) is 18.5 Å². The lowest BCUT2D eigenvalue weighted by atomic mass is 10.2. The molecule has 0 aromatic heterocycles. The molecule has 0 heterocycles. The lowest BCUT2D eigenvalue weighted by Gasteiger charge is -2.08. The summed E-state index contributed by atoms with van der Waals surface area (Å²) in [6, 6.07) is 0. The van der Waals surface area contributed by atoms with Crippen LogP contribution in [0.5, 0.6) is 0 Å². The summed E-state index contributed by atoms with van der Waals surface area (Å²) in [5, 5.41) is 3.14. The number of ether oxygens (including phenoxy) is 1. The fourth-order valence-electron chi connectivity index (χ4n) is 0.857. The molecule has 0 aliphatic rings. The number of hydrogen-bond acceptors (Lipinski definition) is 2. The summed E-state index contributed by atoms with van der Waals surface area (Å²) in [6.07, 6.45) is 5.88. The van der Waals surface area contributed by atoms with E-state index in [1.54, 1.807) is 7.11 Å². The summed E-state index contributed by atoms with van der Waals surface area (Å²) in [5.74, 6) is 0. The van der Waals surface area contributed by atoms with Crippen LogP contribution < -0.4 is 5.32 Å². The zero-order chi connectivity index (χ0) is 11.0. The number of nitrogens with one attached hydrogen (secondary N) is 1. The van der Waals surface area contributed by atoms with Crippen molar-refractivity contribution < 1.29 is 4.74 Å². The van der Waals surface area contributed by atoms with Crippen molar-refractivity contribution in [2.24, 2.45) is 0 Å². The van der Waals surface area contributed by atoms with Gasteiger partial charge in [-0.3, -0.25) is 0 Å². The van der Waals surface area contributed by atoms with E-state index in [0.29, 0.717) is 6.61 Å². The van der Waals surface area contributed by atoms with Crippen molar-refractivity contribution in [3.63, 3.8) is 0 Å². The smallest absolute Gasteiger partial charge is 0.0856 e. The summed E-state index contributed by atoms with van der Waals surface area (Å²) < 4.78 is 4.94. The number of allylic oxidation sites excluding steroid dienone is 4. The fourth-order valence-corrected chi connectivity index (χ4v) is 0.857. The predicted molar refractivity (Wildman–Crippen MR) is 61.9 cm³/mol. The van der Waals surface area contributed by atoms with Gasteiger partial charge in [0.05, 0.1) is 6.61 Å². The molecule has 0 fully saturated rings. The molecule has 0 aliphatic carbocycles. The molecule has 14 heavy (non-hydrogen) atoms. The van der Waals surface area contributed by atoms with Gasteiger partial charge >= 0.3 is 0 Å². The number of rotatable bonds is 6. The van der Waals surface area contributed by atoms with E-state index in [1.165, 1.54) is 0 Å². The molecular formula is C12H19NO. The normalized spacial score (nSPS) is 11.8. The van der Waals surface area contributed by atoms with Gasteiger partial charge in [-0.05, 0) is 19.9 Å². The molecule has 0 atom stereocenters. The van der Waals surface area contributed by atoms with Crippen LogP contribution in [0, 0.1) is 0 Å². The van der Waals surface area contributed by atoms with E-state index >= 15 is 0 Å². The molecule has 0 rings (SSSR count). The van der Waals surface area contributed by atoms with E-state index in [9.17, 15) is 0 Å². The molecule has 1 N–H and O–H groups in total. The molecule has 2 heteroatoms. The Balaban J connectivity index is 4.18. The lowest BCUT2D eigenvalue weighted by molar-refractivity contribution is 0.222. The highest BCUT2D eigenvalue weighted by molar-refractivity contribution is 5.26. The SMILES string of the molecule is C=C(C)/C=C\C(=C/C)NC(=C)COC. The van der Waals surface area contributed by atoms with Crippen molar-refractivity contribution in [2.45, 2.75) is 13.8 Å². The highest BCUT2D eigenvalue weighted by Crippen LogP contribution is 1.99. The van der Waals surface area contributed by atoms with Crippen LogP contribution in [0.4, 0.5) is 0 Å². The molecule has 0 aromatic carbocycles. The Bertz CT molecular complexity index is 261. The Morgan fingerprint density at radius 3 is 2.43 bits per heavy atom. The molecule has 78 valence electrons. The maximum Gasteiger partial charge on any atom is 0.0856 e. The van der Waals surface area contributed by atoms with Crippen LogP contribution in [0.15, 0.2) is 48.4 Å². The maximum absolute atomic E-state index is 4.94. The summed E-state index contributed by atoms with van der Waals surface area (Å²) in [6.45, 7) is 12.0. The second kappa shape index (κ2) is 7.15. The predicted octanol–water partition coefficient (Wildman–Crippen LogP) is 2.77. The van der Waals surface area contributed by atoms with Crippen molar-refractivity contribution in [3.05, 3.63) is 48.4 Å². The van der Waals surface area contributed by atoms with Crippen molar-refractivity contribution in [1.82, 2.24) is 5.32 Å². The molecule has 0 saturated carbocycles. The first-order valence-electron chi connectivity index (χ1n) is 4.53. The van der Waals surface area contributed by atoms with Crippen LogP contribution in [0.3, 0.4) is 0 Å². The molecule has 0 unspecified atom stereocenters. The van der Waals surface area contributed by atoms with Gasteiger partial charge in [-0.1, -0.05) is 30.9 Å². The summed E-state index contributed by atoms with van der Waals surface area (Å²) in [7, 11) is 1.64. The minimum atomic E-state index is 0.512. The zero-order valence-electron chi connectivity index (χ0n) is 9.26. The van der Waals surface area contributed by atoms with Gasteiger partial charge in [0.25, 0.3) is 0 Å². The summed E-state index contributed by atoms with van der Waals surface area (Å²) >= 11 is 0. The minimum Gasteiger partial charge on any atom is -0.379 e. The average molecular weight is 193 g/mol. The molecule has 0 aliphatic heterocycles. The van der Waals surface area contributed by atoms with Gasteiger partial charge in [0.15, 0.2) is 0 Å². The van der Waals surface area contributed by atoms with Crippen molar-refractivity contribution in [1.29, 1.82) is 0 Å². The molecule has 0 amide bonds. The zero-order valence-corrected chi connectivity index (χ0v) is 9.26. The Morgan fingerprint density at radius 1 is 1.36 bits per heavy atom. The molecule has 0 saturated heterocycles. The first kappa shape index (κ1) is 12.7. The molecule has 2 nitrogen and oxygen atoms in total. The Kier molecular flexibility index (Phi) is 6.50. The van der Waals surface area contributed by atoms with Gasteiger partial charge in [-0.15, -0.1) is 0 Å². The van der Waals surface area contributed by atoms with Crippen LogP contribution in [-0.2, 0) is 4.74 Å². The van der Waals surface area contributed by atoms with Crippen LogP contribution >= 0.6 is 0 Å². The van der Waals surface area contributed by atoms with Crippen LogP contribution in [-0.4, -0.2) is 13.7 Å². The van der Waals surface area contributed by atoms with Gasteiger partial charge in [-0.2, -0.15) is 0 Å². The first-order valence-corrected chi connectivity index (χ1v) is 4.53. The van der Waals surface area contributed by atoms with Gasteiger partial charge in [0.2, 0.25) is 0 Å². The summed E-state index contributed by atoms with van der Waals surface area (Å²) in [4.78, 5) is 0. The first-order chi connectivity index (χ1) is 6.60. The maximum atomic E-state index is 4.94. The van der Waals surface area contributed by atoms with E-state index < -0.39 is 0 Å². The Morgan fingerprint density at radius 2 is 2.00 bits per heavy atom. The highest BCUT2D eigenvalue weighted by Gasteiger charge is 1.93. The monoisotopic (exact) mass is 193 g/mol. The minimum absolute atomic E-state index is 0.512. The molecule has 0 aromatic rings. The number of methoxy groups -OCH3 is 1. The second-order valence-electron chi connectivity index (χ2n) is 3.09. The van der Waals surface area contributed by atoms with Gasteiger partial charge in [0.1, 0.15) is 0 Å². The van der Waals surface area contributed by atoms with Crippen LogP contribution in [0.1, 0.15) is 13.8 Å². The molecule has 0 spiro atoms. The average Bonchev–Trinajstić information content (AvgIpc) is 2.12. The van der Waals surface area contributed by atoms with E-state index in [1.807, 2.05) is 32.1 Å². The molecule has 0 radical (unpaired) electrons. The number of hydrogen-bond donors (Lipinski definition) is 1. The third kappa shape index (κ3) is 6.26. The van der Waals surface area contributed by atoms with Gasteiger partial charge in [-0.25, -0.2) is 0 Å². The quantitative estimate of drug-likeness (QED) is 0.655. The van der Waals surface area contributed by atoms with Gasteiger partial charge < -0.3 is 10.1 Å². The van der Waals surface area contributed by atoms with E-state index in [-0.39, 0.29) is 0 Å². The van der Waals surface area contributed by atoms with E-state index in [4.69, 9.17) is 4.74 Å². The van der Waals surface area contributed by atoms with E-state index in [0.717, 1.165) is 17.0 Å². The van der Waals surface area contributed by atoms with Crippen molar-refractivity contribution in [2.75, 3.05) is 13.7 Å². The highest BCUT2D eigenvalue weighted by atomic mass is 16.5. The van der Waals surface area contributed by atoms with Crippen LogP contribution in [0.25, 0.3) is 0 Å². The van der Waals surface area contributed by atoms with Crippen molar-refractivity contribution in [3.8, 4) is 0 Å². The third-order valence-corrected chi connectivity index (χ3v) is 1.50. The summed E-state index contributed by atoms with van der Waals surface area (Å²) in [5.41, 5.74) is 2.85. The largest absolute Gasteiger partial charge is 0.379 e. The molecule has 0 bridgehead atoms. The Hall–Kier alpha value is -1.28. The second-order valence-corrected chi connectivity index (χ2v) is 3.09. The van der Waals surface area contributed by atoms with Gasteiger partial charge in [0, 0.05) is 18.5 Å². The Labute approximate surface area is 86.7 Å². The lowest BCUT2D eigenvalue weighted by Crippen LogP contribution is -2.14.